The fourth-order valence-corrected chi connectivity index (χ4v) is 6.35. The molecule has 216 valence electrons. The fourth-order valence-electron chi connectivity index (χ4n) is 4.22. The van der Waals surface area contributed by atoms with Gasteiger partial charge in [0.2, 0.25) is 5.91 Å². The third-order valence-electron chi connectivity index (χ3n) is 5.94. The van der Waals surface area contributed by atoms with Crippen molar-refractivity contribution < 1.29 is 52.8 Å². The van der Waals surface area contributed by atoms with Crippen LogP contribution in [0, 0.1) is 0 Å². The summed E-state index contributed by atoms with van der Waals surface area (Å²) in [6.07, 6.45) is 0.0251. The Labute approximate surface area is 241 Å². The molecule has 2 aliphatic heterocycles. The number of amides is 2. The third-order valence-corrected chi connectivity index (χ3v) is 8.19. The number of hydrogen-bond acceptors (Lipinski definition) is 12. The number of aliphatic carboxylic acids is 1. The van der Waals surface area contributed by atoms with Gasteiger partial charge in [-0.25, -0.2) is 9.59 Å². The van der Waals surface area contributed by atoms with Crippen molar-refractivity contribution in [2.75, 3.05) is 19.5 Å². The predicted molar refractivity (Wildman–Crippen MR) is 143 cm³/mol. The van der Waals surface area contributed by atoms with E-state index in [0.717, 1.165) is 41.5 Å². The first-order chi connectivity index (χ1) is 19.5. The van der Waals surface area contributed by atoms with E-state index < -0.39 is 53.4 Å². The summed E-state index contributed by atoms with van der Waals surface area (Å²) in [5.41, 5.74) is -2.05. The van der Waals surface area contributed by atoms with Gasteiger partial charge in [-0.05, 0) is 29.6 Å². The molecule has 0 saturated carbocycles. The van der Waals surface area contributed by atoms with Crippen LogP contribution < -0.4 is 14.8 Å². The number of nitrogens with one attached hydrogen (secondary N) is 1. The molecular formula is C26H24N2O11S2. The van der Waals surface area contributed by atoms with Crippen LogP contribution >= 0.6 is 23.1 Å². The molecule has 2 aromatic rings. The number of carboxylic acid groups (broad SMARTS) is 1. The highest BCUT2D eigenvalue weighted by molar-refractivity contribution is 8.00. The predicted octanol–water partition coefficient (Wildman–Crippen LogP) is 1.71. The van der Waals surface area contributed by atoms with E-state index in [0.29, 0.717) is 0 Å². The Hall–Kier alpha value is -4.21. The average Bonchev–Trinajstić information content (AvgIpc) is 3.42. The molecule has 0 bridgehead atoms. The SMILES string of the molecule is COC1(NC(=O)Cc2cccs2)C(=O)N2C(C(=O)O)=C(COC(=O)c3ccc(OC(C)=O)c(OC(C)=O)c3)CS[C@@H]21. The lowest BCUT2D eigenvalue weighted by Gasteiger charge is -2.55. The summed E-state index contributed by atoms with van der Waals surface area (Å²) in [6, 6.07) is 7.23. The van der Waals surface area contributed by atoms with Crippen LogP contribution in [-0.4, -0.2) is 76.3 Å². The fraction of sp³-hybridized carbons (Fsp3) is 0.308. The minimum absolute atomic E-state index is 0.0251. The highest BCUT2D eigenvalue weighted by Gasteiger charge is 2.66. The summed E-state index contributed by atoms with van der Waals surface area (Å²) in [6.45, 7) is 1.81. The smallest absolute Gasteiger partial charge is 0.352 e. The molecule has 2 amide bonds. The van der Waals surface area contributed by atoms with Gasteiger partial charge in [0.15, 0.2) is 11.5 Å². The van der Waals surface area contributed by atoms with Gasteiger partial charge in [-0.2, -0.15) is 0 Å². The minimum atomic E-state index is -1.75. The van der Waals surface area contributed by atoms with E-state index in [1.165, 1.54) is 30.6 Å². The molecule has 1 fully saturated rings. The lowest BCUT2D eigenvalue weighted by molar-refractivity contribution is -0.192. The third kappa shape index (κ3) is 6.11. The normalized spacial score (nSPS) is 19.5. The number of carboxylic acids is 1. The number of ether oxygens (including phenoxy) is 4. The first-order valence-electron chi connectivity index (χ1n) is 11.9. The molecule has 4 rings (SSSR count). The van der Waals surface area contributed by atoms with Gasteiger partial charge in [0, 0.05) is 37.2 Å². The Morgan fingerprint density at radius 3 is 2.41 bits per heavy atom. The van der Waals surface area contributed by atoms with Gasteiger partial charge in [0.05, 0.1) is 12.0 Å². The Morgan fingerprint density at radius 2 is 1.80 bits per heavy atom. The second-order valence-corrected chi connectivity index (χ2v) is 10.9. The van der Waals surface area contributed by atoms with Gasteiger partial charge >= 0.3 is 23.9 Å². The number of esters is 3. The number of carbonyl (C=O) groups excluding carboxylic acids is 5. The molecular weight excluding hydrogens is 580 g/mol. The maximum atomic E-state index is 13.2. The molecule has 2 aliphatic rings. The second kappa shape index (κ2) is 12.1. The van der Waals surface area contributed by atoms with Gasteiger partial charge in [-0.15, -0.1) is 23.1 Å². The summed E-state index contributed by atoms with van der Waals surface area (Å²) in [5.74, 6) is -5.16. The number of thioether (sulfide) groups is 1. The molecule has 3 heterocycles. The van der Waals surface area contributed by atoms with E-state index in [1.54, 1.807) is 12.1 Å². The van der Waals surface area contributed by atoms with E-state index in [4.69, 9.17) is 18.9 Å². The summed E-state index contributed by atoms with van der Waals surface area (Å²) in [5, 5.41) is 13.5. The van der Waals surface area contributed by atoms with E-state index in [2.05, 4.69) is 5.32 Å². The molecule has 2 atom stereocenters. The monoisotopic (exact) mass is 604 g/mol. The van der Waals surface area contributed by atoms with Crippen LogP contribution in [0.3, 0.4) is 0 Å². The van der Waals surface area contributed by atoms with E-state index >= 15 is 0 Å². The van der Waals surface area contributed by atoms with Crippen molar-refractivity contribution in [3.05, 3.63) is 57.4 Å². The van der Waals surface area contributed by atoms with Crippen molar-refractivity contribution in [1.82, 2.24) is 10.2 Å². The minimum Gasteiger partial charge on any atom is -0.477 e. The maximum Gasteiger partial charge on any atom is 0.352 e. The number of nitrogens with zero attached hydrogens (tertiary/aromatic N) is 1. The Kier molecular flexibility index (Phi) is 8.80. The molecule has 0 spiro atoms. The average molecular weight is 605 g/mol. The quantitative estimate of drug-likeness (QED) is 0.174. The number of β-lactam (4-membered cyclic amide) rings is 1. The number of thiophene rings is 1. The second-order valence-electron chi connectivity index (χ2n) is 8.76. The number of fused-ring (bicyclic) bond motifs is 1. The largest absolute Gasteiger partial charge is 0.477 e. The zero-order valence-electron chi connectivity index (χ0n) is 22.0. The van der Waals surface area contributed by atoms with Crippen molar-refractivity contribution in [1.29, 1.82) is 0 Å². The van der Waals surface area contributed by atoms with Crippen LogP contribution in [0.25, 0.3) is 0 Å². The highest BCUT2D eigenvalue weighted by Crippen LogP contribution is 2.46. The van der Waals surface area contributed by atoms with Crippen LogP contribution in [0.4, 0.5) is 0 Å². The number of rotatable bonds is 10. The molecule has 41 heavy (non-hydrogen) atoms. The van der Waals surface area contributed by atoms with Gasteiger partial charge in [0.25, 0.3) is 11.6 Å². The van der Waals surface area contributed by atoms with Crippen molar-refractivity contribution in [3.8, 4) is 11.5 Å². The molecule has 0 radical (unpaired) electrons. The first-order valence-corrected chi connectivity index (χ1v) is 13.9. The van der Waals surface area contributed by atoms with Crippen molar-refractivity contribution in [3.63, 3.8) is 0 Å². The van der Waals surface area contributed by atoms with E-state index in [-0.39, 0.29) is 40.5 Å². The van der Waals surface area contributed by atoms with Crippen LogP contribution in [0.5, 0.6) is 11.5 Å². The molecule has 0 aliphatic carbocycles. The number of methoxy groups -OCH3 is 1. The van der Waals surface area contributed by atoms with Crippen molar-refractivity contribution in [2.24, 2.45) is 0 Å². The molecule has 2 N–H and O–H groups in total. The Bertz CT molecular complexity index is 1450. The Morgan fingerprint density at radius 1 is 1.10 bits per heavy atom. The van der Waals surface area contributed by atoms with Crippen molar-refractivity contribution in [2.45, 2.75) is 31.4 Å². The lowest BCUT2D eigenvalue weighted by atomic mass is 9.98. The van der Waals surface area contributed by atoms with Crippen LogP contribution in [0.2, 0.25) is 0 Å². The summed E-state index contributed by atoms with van der Waals surface area (Å²) in [7, 11) is 1.25. The zero-order valence-corrected chi connectivity index (χ0v) is 23.6. The van der Waals surface area contributed by atoms with E-state index in [1.807, 2.05) is 5.38 Å². The molecule has 1 unspecified atom stereocenters. The van der Waals surface area contributed by atoms with Gasteiger partial charge in [0.1, 0.15) is 17.7 Å². The van der Waals surface area contributed by atoms with Gasteiger partial charge in [-0.3, -0.25) is 24.1 Å². The standard InChI is InChI=1S/C26H24N2O11S2/c1-13(29)38-18-7-6-15(9-19(18)39-14(2)30)23(34)37-11-16-12-41-25-26(36-3,24(35)28(25)21(16)22(32)33)27-20(31)10-17-5-4-8-40-17/h4-9,25H,10-12H2,1-3H3,(H,27,31)(H,32,33)/t25-,26?/m1/s1. The number of carbonyl (C=O) groups is 6. The molecule has 1 aromatic heterocycles. The molecule has 1 saturated heterocycles. The van der Waals surface area contributed by atoms with Gasteiger partial charge in [-0.1, -0.05) is 6.07 Å². The number of benzene rings is 1. The zero-order chi connectivity index (χ0) is 29.9. The first kappa shape index (κ1) is 29.8. The summed E-state index contributed by atoms with van der Waals surface area (Å²) >= 11 is 2.52. The van der Waals surface area contributed by atoms with Gasteiger partial charge < -0.3 is 29.4 Å². The molecule has 13 nitrogen and oxygen atoms in total. The summed E-state index contributed by atoms with van der Waals surface area (Å²) < 4.78 is 20.7. The maximum absolute atomic E-state index is 13.2. The molecule has 15 heteroatoms. The topological polar surface area (TPSA) is 175 Å². The Balaban J connectivity index is 1.50. The van der Waals surface area contributed by atoms with Crippen LogP contribution in [-0.2, 0) is 39.9 Å². The van der Waals surface area contributed by atoms with Crippen LogP contribution in [0.1, 0.15) is 29.1 Å². The molecule has 1 aromatic carbocycles. The lowest BCUT2D eigenvalue weighted by Crippen LogP contribution is -2.80. The highest BCUT2D eigenvalue weighted by atomic mass is 32.2. The van der Waals surface area contributed by atoms with E-state index in [9.17, 15) is 33.9 Å². The number of hydrogen-bond donors (Lipinski definition) is 2. The van der Waals surface area contributed by atoms with Crippen molar-refractivity contribution >= 4 is 58.8 Å². The van der Waals surface area contributed by atoms with Crippen LogP contribution in [0.15, 0.2) is 47.0 Å². The summed E-state index contributed by atoms with van der Waals surface area (Å²) in [4.78, 5) is 75.4.